The first-order valence-corrected chi connectivity index (χ1v) is 6.09. The minimum atomic E-state index is 0.115. The maximum atomic E-state index is 8.89. The number of hydrogen-bond acceptors (Lipinski definition) is 1. The van der Waals surface area contributed by atoms with E-state index in [0.717, 1.165) is 6.42 Å². The van der Waals surface area contributed by atoms with Gasteiger partial charge in [-0.05, 0) is 35.6 Å². The number of fused-ring (bicyclic) bond motifs is 1. The second-order valence-corrected chi connectivity index (χ2v) is 4.74. The van der Waals surface area contributed by atoms with Crippen LogP contribution in [0.3, 0.4) is 0 Å². The topological polar surface area (TPSA) is 23.8 Å². The molecule has 2 aromatic rings. The second kappa shape index (κ2) is 5.01. The molecule has 1 heteroatoms. The molecule has 0 aliphatic heterocycles. The van der Waals surface area contributed by atoms with Gasteiger partial charge in [-0.15, -0.1) is 0 Å². The van der Waals surface area contributed by atoms with Gasteiger partial charge in [-0.1, -0.05) is 49.4 Å². The first-order chi connectivity index (χ1) is 8.22. The first kappa shape index (κ1) is 11.7. The molecular weight excluding hydrogens is 206 g/mol. The van der Waals surface area contributed by atoms with Crippen LogP contribution in [0.2, 0.25) is 0 Å². The molecule has 2 rings (SSSR count). The molecule has 0 spiro atoms. The van der Waals surface area contributed by atoms with Crippen LogP contribution in [0.4, 0.5) is 0 Å². The highest BCUT2D eigenvalue weighted by Crippen LogP contribution is 2.29. The summed E-state index contributed by atoms with van der Waals surface area (Å²) in [6.07, 6.45) is 0.921. The average molecular weight is 223 g/mol. The highest BCUT2D eigenvalue weighted by molar-refractivity contribution is 5.86. The summed E-state index contributed by atoms with van der Waals surface area (Å²) in [5, 5.41) is 11.5. The lowest BCUT2D eigenvalue weighted by Crippen LogP contribution is -2.00. The van der Waals surface area contributed by atoms with Crippen molar-refractivity contribution in [3.05, 3.63) is 48.0 Å². The van der Waals surface area contributed by atoms with E-state index in [2.05, 4.69) is 55.5 Å². The molecule has 2 aromatic carbocycles. The summed E-state index contributed by atoms with van der Waals surface area (Å²) in [4.78, 5) is 0. The van der Waals surface area contributed by atoms with Crippen molar-refractivity contribution >= 4 is 10.8 Å². The Bertz CT molecular complexity index is 545. The third-order valence-corrected chi connectivity index (χ3v) is 3.28. The summed E-state index contributed by atoms with van der Waals surface area (Å²) >= 11 is 0. The Morgan fingerprint density at radius 3 is 2.53 bits per heavy atom. The summed E-state index contributed by atoms with van der Waals surface area (Å²) in [5.74, 6) is 0.541. The molecule has 0 aromatic heterocycles. The minimum Gasteiger partial charge on any atom is -0.198 e. The Balaban J connectivity index is 2.38. The molecule has 0 heterocycles. The molecule has 1 nitrogen and oxygen atoms in total. The largest absolute Gasteiger partial charge is 0.198 e. The Kier molecular flexibility index (Phi) is 3.44. The summed E-state index contributed by atoms with van der Waals surface area (Å²) in [6, 6.07) is 17.2. The summed E-state index contributed by atoms with van der Waals surface area (Å²) in [7, 11) is 0. The van der Waals surface area contributed by atoms with Crippen molar-refractivity contribution in [3.8, 4) is 6.07 Å². The number of hydrogen-bond donors (Lipinski definition) is 0. The SMILES string of the molecule is CC(C#N)CC(C)c1cccc2ccccc12. The third kappa shape index (κ3) is 2.47. The van der Waals surface area contributed by atoms with Gasteiger partial charge in [0.2, 0.25) is 0 Å². The van der Waals surface area contributed by atoms with Crippen LogP contribution in [0.5, 0.6) is 0 Å². The summed E-state index contributed by atoms with van der Waals surface area (Å²) in [6.45, 7) is 4.19. The van der Waals surface area contributed by atoms with E-state index in [1.165, 1.54) is 16.3 Å². The highest BCUT2D eigenvalue weighted by atomic mass is 14.3. The Labute approximate surface area is 103 Å². The van der Waals surface area contributed by atoms with Crippen LogP contribution in [0.25, 0.3) is 10.8 Å². The maximum Gasteiger partial charge on any atom is 0.0653 e. The molecule has 17 heavy (non-hydrogen) atoms. The summed E-state index contributed by atoms with van der Waals surface area (Å²) < 4.78 is 0. The molecule has 0 N–H and O–H groups in total. The summed E-state index contributed by atoms with van der Waals surface area (Å²) in [5.41, 5.74) is 1.35. The first-order valence-electron chi connectivity index (χ1n) is 6.09. The molecule has 0 bridgehead atoms. The lowest BCUT2D eigenvalue weighted by atomic mass is 9.88. The monoisotopic (exact) mass is 223 g/mol. The van der Waals surface area contributed by atoms with Gasteiger partial charge in [0.15, 0.2) is 0 Å². The van der Waals surface area contributed by atoms with Crippen LogP contribution >= 0.6 is 0 Å². The van der Waals surface area contributed by atoms with Crippen LogP contribution in [-0.2, 0) is 0 Å². The predicted molar refractivity (Wildman–Crippen MR) is 71.8 cm³/mol. The standard InChI is InChI=1S/C16H17N/c1-12(11-17)10-13(2)15-9-5-7-14-6-3-4-8-16(14)15/h3-9,12-13H,10H2,1-2H3. The van der Waals surface area contributed by atoms with E-state index in [1.54, 1.807) is 0 Å². The zero-order valence-corrected chi connectivity index (χ0v) is 10.4. The molecule has 0 fully saturated rings. The van der Waals surface area contributed by atoms with Crippen molar-refractivity contribution in [2.45, 2.75) is 26.2 Å². The van der Waals surface area contributed by atoms with Gasteiger partial charge in [0.05, 0.1) is 6.07 Å². The Morgan fingerprint density at radius 1 is 1.06 bits per heavy atom. The van der Waals surface area contributed by atoms with E-state index in [1.807, 2.05) is 6.92 Å². The second-order valence-electron chi connectivity index (χ2n) is 4.74. The molecule has 0 amide bonds. The maximum absolute atomic E-state index is 8.89. The molecular formula is C16H17N. The van der Waals surface area contributed by atoms with Gasteiger partial charge in [-0.2, -0.15) is 5.26 Å². The molecule has 0 aliphatic rings. The Morgan fingerprint density at radius 2 is 1.76 bits per heavy atom. The van der Waals surface area contributed by atoms with Gasteiger partial charge < -0.3 is 0 Å². The highest BCUT2D eigenvalue weighted by Gasteiger charge is 2.12. The van der Waals surface area contributed by atoms with Gasteiger partial charge in [-0.3, -0.25) is 0 Å². The quantitative estimate of drug-likeness (QED) is 0.752. The van der Waals surface area contributed by atoms with Crippen LogP contribution in [0, 0.1) is 17.2 Å². The van der Waals surface area contributed by atoms with Crippen molar-refractivity contribution < 1.29 is 0 Å². The molecule has 2 unspecified atom stereocenters. The predicted octanol–water partition coefficient (Wildman–Crippen LogP) is 4.49. The van der Waals surface area contributed by atoms with E-state index in [9.17, 15) is 0 Å². The fourth-order valence-electron chi connectivity index (χ4n) is 2.39. The van der Waals surface area contributed by atoms with Gasteiger partial charge in [-0.25, -0.2) is 0 Å². The van der Waals surface area contributed by atoms with Crippen LogP contribution in [0.15, 0.2) is 42.5 Å². The normalized spacial score (nSPS) is 14.2. The van der Waals surface area contributed by atoms with Crippen molar-refractivity contribution in [2.24, 2.45) is 5.92 Å². The van der Waals surface area contributed by atoms with Gasteiger partial charge in [0.1, 0.15) is 0 Å². The van der Waals surface area contributed by atoms with Gasteiger partial charge in [0.25, 0.3) is 0 Å². The number of benzene rings is 2. The fraction of sp³-hybridized carbons (Fsp3) is 0.312. The van der Waals surface area contributed by atoms with E-state index in [4.69, 9.17) is 5.26 Å². The molecule has 0 saturated heterocycles. The lowest BCUT2D eigenvalue weighted by molar-refractivity contribution is 0.580. The molecule has 2 atom stereocenters. The zero-order valence-electron chi connectivity index (χ0n) is 10.4. The van der Waals surface area contributed by atoms with E-state index in [0.29, 0.717) is 5.92 Å². The van der Waals surface area contributed by atoms with E-state index in [-0.39, 0.29) is 5.92 Å². The van der Waals surface area contributed by atoms with E-state index < -0.39 is 0 Å². The average Bonchev–Trinajstić information content (AvgIpc) is 2.37. The third-order valence-electron chi connectivity index (χ3n) is 3.28. The van der Waals surface area contributed by atoms with Crippen LogP contribution in [0.1, 0.15) is 31.7 Å². The molecule has 0 saturated carbocycles. The molecule has 0 aliphatic carbocycles. The minimum absolute atomic E-state index is 0.115. The number of rotatable bonds is 3. The van der Waals surface area contributed by atoms with Crippen LogP contribution in [-0.4, -0.2) is 0 Å². The van der Waals surface area contributed by atoms with Crippen LogP contribution < -0.4 is 0 Å². The van der Waals surface area contributed by atoms with Gasteiger partial charge in [0, 0.05) is 5.92 Å². The lowest BCUT2D eigenvalue weighted by Gasteiger charge is -2.15. The Hall–Kier alpha value is -1.81. The van der Waals surface area contributed by atoms with Crippen molar-refractivity contribution in [3.63, 3.8) is 0 Å². The van der Waals surface area contributed by atoms with E-state index >= 15 is 0 Å². The van der Waals surface area contributed by atoms with Crippen molar-refractivity contribution in [1.29, 1.82) is 5.26 Å². The smallest absolute Gasteiger partial charge is 0.0653 e. The number of nitrogens with zero attached hydrogens (tertiary/aromatic N) is 1. The van der Waals surface area contributed by atoms with Gasteiger partial charge >= 0.3 is 0 Å². The zero-order chi connectivity index (χ0) is 12.3. The number of nitriles is 1. The fourth-order valence-corrected chi connectivity index (χ4v) is 2.39. The van der Waals surface area contributed by atoms with Crippen molar-refractivity contribution in [1.82, 2.24) is 0 Å². The molecule has 86 valence electrons. The molecule has 0 radical (unpaired) electrons. The van der Waals surface area contributed by atoms with Crippen molar-refractivity contribution in [2.75, 3.05) is 0 Å².